The smallest absolute Gasteiger partial charge is 0.346 e. The third-order valence-corrected chi connectivity index (χ3v) is 5.89. The molecule has 7 nitrogen and oxygen atoms in total. The predicted molar refractivity (Wildman–Crippen MR) is 112 cm³/mol. The van der Waals surface area contributed by atoms with Crippen LogP contribution in [0.5, 0.6) is 0 Å². The van der Waals surface area contributed by atoms with E-state index in [0.717, 1.165) is 16.2 Å². The number of benzene rings is 2. The van der Waals surface area contributed by atoms with Crippen LogP contribution in [0.15, 0.2) is 60.0 Å². The lowest BCUT2D eigenvalue weighted by molar-refractivity contribution is -0.117. The normalized spacial score (nSPS) is 13.2. The molecular formula is C22H16N2O5S. The molecule has 0 spiro atoms. The Morgan fingerprint density at radius 1 is 1.07 bits per heavy atom. The van der Waals surface area contributed by atoms with E-state index >= 15 is 0 Å². The molecule has 0 bridgehead atoms. The van der Waals surface area contributed by atoms with Gasteiger partial charge in [-0.3, -0.25) is 14.4 Å². The monoisotopic (exact) mass is 420 g/mol. The summed E-state index contributed by atoms with van der Waals surface area (Å²) in [5.74, 6) is -2.68. The molecule has 0 radical (unpaired) electrons. The van der Waals surface area contributed by atoms with Gasteiger partial charge in [0.15, 0.2) is 0 Å². The summed E-state index contributed by atoms with van der Waals surface area (Å²) in [6.45, 7) is 0. The SMILES string of the molecule is CN(C(=O)c1cccc(N2C(=O)Cc3csc(C(=O)O)c3C2=O)c1)c1ccccc1. The highest BCUT2D eigenvalue weighted by atomic mass is 32.1. The Kier molecular flexibility index (Phi) is 4.93. The number of aromatic carboxylic acids is 1. The first kappa shape index (κ1) is 19.5. The Hall–Kier alpha value is -3.78. The minimum atomic E-state index is -1.21. The van der Waals surface area contributed by atoms with Gasteiger partial charge in [0.1, 0.15) is 4.88 Å². The van der Waals surface area contributed by atoms with E-state index in [1.807, 2.05) is 18.2 Å². The van der Waals surface area contributed by atoms with Crippen molar-refractivity contribution in [2.24, 2.45) is 0 Å². The summed E-state index contributed by atoms with van der Waals surface area (Å²) < 4.78 is 0. The second kappa shape index (κ2) is 7.57. The van der Waals surface area contributed by atoms with E-state index < -0.39 is 17.8 Å². The molecule has 150 valence electrons. The minimum Gasteiger partial charge on any atom is -0.477 e. The summed E-state index contributed by atoms with van der Waals surface area (Å²) >= 11 is 0.926. The van der Waals surface area contributed by atoms with Gasteiger partial charge in [-0.05, 0) is 41.3 Å². The van der Waals surface area contributed by atoms with Gasteiger partial charge in [0.2, 0.25) is 5.91 Å². The number of rotatable bonds is 4. The summed E-state index contributed by atoms with van der Waals surface area (Å²) in [6.07, 6.45) is -0.0764. The van der Waals surface area contributed by atoms with Crippen LogP contribution < -0.4 is 9.80 Å². The molecule has 1 N–H and O–H groups in total. The van der Waals surface area contributed by atoms with Gasteiger partial charge in [0.25, 0.3) is 11.8 Å². The molecule has 0 atom stereocenters. The van der Waals surface area contributed by atoms with Crippen LogP contribution in [-0.2, 0) is 11.2 Å². The second-order valence-corrected chi connectivity index (χ2v) is 7.61. The van der Waals surface area contributed by atoms with Gasteiger partial charge in [-0.15, -0.1) is 11.3 Å². The topological polar surface area (TPSA) is 95.0 Å². The third kappa shape index (κ3) is 3.27. The highest BCUT2D eigenvalue weighted by Crippen LogP contribution is 2.32. The number of fused-ring (bicyclic) bond motifs is 1. The van der Waals surface area contributed by atoms with E-state index in [1.165, 1.54) is 16.3 Å². The van der Waals surface area contributed by atoms with Gasteiger partial charge in [-0.2, -0.15) is 0 Å². The molecule has 0 aliphatic carbocycles. The summed E-state index contributed by atoms with van der Waals surface area (Å²) in [4.78, 5) is 52.3. The van der Waals surface area contributed by atoms with E-state index in [1.54, 1.807) is 37.4 Å². The average molecular weight is 420 g/mol. The van der Waals surface area contributed by atoms with E-state index in [0.29, 0.717) is 16.8 Å². The Morgan fingerprint density at radius 3 is 2.50 bits per heavy atom. The van der Waals surface area contributed by atoms with Gasteiger partial charge in [0, 0.05) is 18.3 Å². The largest absolute Gasteiger partial charge is 0.477 e. The molecule has 0 unspecified atom stereocenters. The van der Waals surface area contributed by atoms with Crippen molar-refractivity contribution in [2.45, 2.75) is 6.42 Å². The lowest BCUT2D eigenvalue weighted by atomic mass is 10.00. The van der Waals surface area contributed by atoms with Gasteiger partial charge in [-0.25, -0.2) is 9.69 Å². The number of thiophene rings is 1. The van der Waals surface area contributed by atoms with Crippen molar-refractivity contribution in [3.05, 3.63) is 81.5 Å². The molecule has 1 aliphatic heterocycles. The molecular weight excluding hydrogens is 404 g/mol. The van der Waals surface area contributed by atoms with Crippen LogP contribution in [0.4, 0.5) is 11.4 Å². The third-order valence-electron chi connectivity index (χ3n) is 4.87. The fraction of sp³-hybridized carbons (Fsp3) is 0.0909. The molecule has 8 heteroatoms. The van der Waals surface area contributed by atoms with Crippen molar-refractivity contribution in [3.63, 3.8) is 0 Å². The van der Waals surface area contributed by atoms with Crippen molar-refractivity contribution in [1.29, 1.82) is 0 Å². The zero-order valence-corrected chi connectivity index (χ0v) is 16.7. The highest BCUT2D eigenvalue weighted by Gasteiger charge is 2.37. The van der Waals surface area contributed by atoms with Gasteiger partial charge >= 0.3 is 5.97 Å². The maximum atomic E-state index is 13.0. The molecule has 0 fully saturated rings. The average Bonchev–Trinajstić information content (AvgIpc) is 3.18. The molecule has 30 heavy (non-hydrogen) atoms. The summed E-state index contributed by atoms with van der Waals surface area (Å²) in [7, 11) is 1.64. The Morgan fingerprint density at radius 2 is 1.80 bits per heavy atom. The first-order valence-electron chi connectivity index (χ1n) is 9.02. The number of para-hydroxylation sites is 1. The number of amides is 3. The lowest BCUT2D eigenvalue weighted by Gasteiger charge is -2.26. The Bertz CT molecular complexity index is 1190. The fourth-order valence-corrected chi connectivity index (χ4v) is 4.28. The van der Waals surface area contributed by atoms with Crippen molar-refractivity contribution < 1.29 is 24.3 Å². The van der Waals surface area contributed by atoms with Gasteiger partial charge < -0.3 is 10.0 Å². The number of carboxylic acids is 1. The Balaban J connectivity index is 1.69. The van der Waals surface area contributed by atoms with E-state index in [2.05, 4.69) is 0 Å². The number of anilines is 2. The van der Waals surface area contributed by atoms with Crippen molar-refractivity contribution in [3.8, 4) is 0 Å². The van der Waals surface area contributed by atoms with Gasteiger partial charge in [-0.1, -0.05) is 24.3 Å². The number of carbonyl (C=O) groups excluding carboxylic acids is 3. The first-order valence-corrected chi connectivity index (χ1v) is 9.90. The van der Waals surface area contributed by atoms with Crippen molar-refractivity contribution in [1.82, 2.24) is 0 Å². The maximum absolute atomic E-state index is 13.0. The standard InChI is InChI=1S/C22H16N2O5S/c1-23(15-7-3-2-4-8-15)20(26)13-6-5-9-16(10-13)24-17(25)11-14-12-30-19(22(28)29)18(14)21(24)27/h2-10,12H,11H2,1H3,(H,28,29). The number of imide groups is 1. The van der Waals surface area contributed by atoms with Crippen LogP contribution in [0.3, 0.4) is 0 Å². The number of carbonyl (C=O) groups is 4. The molecule has 3 aromatic rings. The summed E-state index contributed by atoms with van der Waals surface area (Å²) in [5, 5.41) is 10.9. The second-order valence-electron chi connectivity index (χ2n) is 6.73. The summed E-state index contributed by atoms with van der Waals surface area (Å²) in [6, 6.07) is 15.3. The van der Waals surface area contributed by atoms with Crippen molar-refractivity contribution >= 4 is 46.4 Å². The molecule has 1 aromatic heterocycles. The van der Waals surface area contributed by atoms with Crippen LogP contribution in [0.25, 0.3) is 0 Å². The number of hydrogen-bond acceptors (Lipinski definition) is 5. The minimum absolute atomic E-state index is 0.0326. The van der Waals surface area contributed by atoms with E-state index in [-0.39, 0.29) is 28.5 Å². The van der Waals surface area contributed by atoms with Gasteiger partial charge in [0.05, 0.1) is 17.7 Å². The fourth-order valence-electron chi connectivity index (χ4n) is 3.38. The zero-order valence-electron chi connectivity index (χ0n) is 15.9. The highest BCUT2D eigenvalue weighted by molar-refractivity contribution is 7.12. The molecule has 0 saturated carbocycles. The van der Waals surface area contributed by atoms with Crippen molar-refractivity contribution in [2.75, 3.05) is 16.8 Å². The van der Waals surface area contributed by atoms with Crippen LogP contribution in [0, 0.1) is 0 Å². The van der Waals surface area contributed by atoms with Crippen LogP contribution >= 0.6 is 11.3 Å². The molecule has 2 aromatic carbocycles. The Labute approximate surface area is 175 Å². The van der Waals surface area contributed by atoms with E-state index in [9.17, 15) is 24.3 Å². The zero-order chi connectivity index (χ0) is 21.4. The predicted octanol–water partition coefficient (Wildman–Crippen LogP) is 3.45. The maximum Gasteiger partial charge on any atom is 0.346 e. The molecule has 1 aliphatic rings. The quantitative estimate of drug-likeness (QED) is 0.653. The molecule has 2 heterocycles. The van der Waals surface area contributed by atoms with Crippen LogP contribution in [0.2, 0.25) is 0 Å². The lowest BCUT2D eigenvalue weighted by Crippen LogP contribution is -2.42. The molecule has 0 saturated heterocycles. The summed E-state index contributed by atoms with van der Waals surface area (Å²) in [5.41, 5.74) is 1.68. The van der Waals surface area contributed by atoms with E-state index in [4.69, 9.17) is 0 Å². The molecule has 4 rings (SSSR count). The van der Waals surface area contributed by atoms with Crippen LogP contribution in [0.1, 0.15) is 36.0 Å². The number of nitrogens with zero attached hydrogens (tertiary/aromatic N) is 2. The molecule has 3 amide bonds. The number of hydrogen-bond donors (Lipinski definition) is 1. The van der Waals surface area contributed by atoms with Crippen LogP contribution in [-0.4, -0.2) is 35.8 Å². The number of carboxylic acid groups (broad SMARTS) is 1. The first-order chi connectivity index (χ1) is 14.4.